The molecule has 0 N–H and O–H groups in total. The van der Waals surface area contributed by atoms with E-state index in [0.29, 0.717) is 18.8 Å². The highest BCUT2D eigenvalue weighted by molar-refractivity contribution is 6.74. The maximum absolute atomic E-state index is 12.9. The number of nitrogens with zero attached hydrogens (tertiary/aromatic N) is 2. The first-order chi connectivity index (χ1) is 19.8. The van der Waals surface area contributed by atoms with Gasteiger partial charge in [0.05, 0.1) is 32.6 Å². The summed E-state index contributed by atoms with van der Waals surface area (Å²) < 4.78 is 26.1. The zero-order valence-corrected chi connectivity index (χ0v) is 28.2. The number of esters is 1. The third kappa shape index (κ3) is 8.25. The van der Waals surface area contributed by atoms with Gasteiger partial charge in [-0.05, 0) is 87.5 Å². The van der Waals surface area contributed by atoms with Crippen LogP contribution in [-0.4, -0.2) is 44.9 Å². The number of carbonyl (C=O) groups is 1. The van der Waals surface area contributed by atoms with E-state index in [4.69, 9.17) is 23.7 Å². The lowest BCUT2D eigenvalue weighted by molar-refractivity contribution is 0.0501. The molecule has 1 heterocycles. The predicted molar refractivity (Wildman–Crippen MR) is 171 cm³/mol. The summed E-state index contributed by atoms with van der Waals surface area (Å²) >= 11 is 0. The summed E-state index contributed by atoms with van der Waals surface area (Å²) in [5.41, 5.74) is 4.50. The molecular formula is C34H50N2O5Si. The molecule has 0 spiro atoms. The highest BCUT2D eigenvalue weighted by Gasteiger charge is 2.42. The van der Waals surface area contributed by atoms with Gasteiger partial charge in [-0.3, -0.25) is 4.68 Å². The van der Waals surface area contributed by atoms with Crippen molar-refractivity contribution in [1.82, 2.24) is 9.78 Å². The summed E-state index contributed by atoms with van der Waals surface area (Å²) in [7, 11) is 1.12. The molecule has 0 amide bonds. The van der Waals surface area contributed by atoms with Crippen molar-refractivity contribution >= 4 is 14.3 Å². The van der Waals surface area contributed by atoms with E-state index < -0.39 is 8.32 Å². The van der Waals surface area contributed by atoms with Gasteiger partial charge in [0.25, 0.3) is 0 Å². The van der Waals surface area contributed by atoms with E-state index in [1.165, 1.54) is 5.56 Å². The van der Waals surface area contributed by atoms with E-state index in [1.807, 2.05) is 31.5 Å². The first kappa shape index (κ1) is 33.4. The number of methoxy groups -OCH3 is 2. The Kier molecular flexibility index (Phi) is 11.4. The molecule has 42 heavy (non-hydrogen) atoms. The molecule has 0 aliphatic carbocycles. The molecule has 3 aromatic rings. The van der Waals surface area contributed by atoms with E-state index in [2.05, 4.69) is 70.3 Å². The number of hydrogen-bond donors (Lipinski definition) is 0. The van der Waals surface area contributed by atoms with Crippen molar-refractivity contribution in [2.45, 2.75) is 91.6 Å². The van der Waals surface area contributed by atoms with Crippen LogP contribution in [0.1, 0.15) is 79.5 Å². The van der Waals surface area contributed by atoms with Gasteiger partial charge in [0.1, 0.15) is 17.2 Å². The average molecular weight is 595 g/mol. The van der Waals surface area contributed by atoms with Crippen LogP contribution in [0.25, 0.3) is 0 Å². The van der Waals surface area contributed by atoms with Crippen molar-refractivity contribution in [1.29, 1.82) is 0 Å². The molecule has 7 nitrogen and oxygen atoms in total. The molecular weight excluding hydrogens is 544 g/mol. The fourth-order valence-electron chi connectivity index (χ4n) is 5.03. The van der Waals surface area contributed by atoms with Crippen LogP contribution in [0.5, 0.6) is 11.5 Å². The van der Waals surface area contributed by atoms with Crippen LogP contribution in [0, 0.1) is 19.8 Å². The number of benzene rings is 2. The molecule has 1 aromatic heterocycles. The summed E-state index contributed by atoms with van der Waals surface area (Å²) in [5, 5.41) is 4.74. The van der Waals surface area contributed by atoms with Gasteiger partial charge in [0.2, 0.25) is 0 Å². The summed E-state index contributed by atoms with van der Waals surface area (Å²) in [6.45, 7) is 17.9. The minimum atomic E-state index is -2.25. The molecule has 3 rings (SSSR count). The number of rotatable bonds is 14. The standard InChI is InChI=1S/C34H50N2O5Si/c1-11-40-33(37)29-20-24(2)35-36(29)23-27(19-15-18-26-16-13-12-14-17-26)32(41-42(9,10)34(4,5)6)28-21-30(38-7)25(3)31(22-28)39-8/h12-14,16-17,20-22,27,32H,11,15,18-19,23H2,1-10H3/t27-,32-/m0/s1. The van der Waals surface area contributed by atoms with Gasteiger partial charge >= 0.3 is 5.97 Å². The van der Waals surface area contributed by atoms with Crippen LogP contribution in [0.2, 0.25) is 18.1 Å². The first-order valence-corrected chi connectivity index (χ1v) is 17.9. The van der Waals surface area contributed by atoms with Crippen LogP contribution in [0.3, 0.4) is 0 Å². The van der Waals surface area contributed by atoms with Gasteiger partial charge in [0.15, 0.2) is 8.32 Å². The molecule has 0 fully saturated rings. The van der Waals surface area contributed by atoms with Gasteiger partial charge in [0, 0.05) is 18.0 Å². The summed E-state index contributed by atoms with van der Waals surface area (Å²) in [6, 6.07) is 16.5. The van der Waals surface area contributed by atoms with Crippen LogP contribution in [0.4, 0.5) is 0 Å². The van der Waals surface area contributed by atoms with Gasteiger partial charge in [-0.25, -0.2) is 4.79 Å². The van der Waals surface area contributed by atoms with Crippen molar-refractivity contribution < 1.29 is 23.4 Å². The van der Waals surface area contributed by atoms with Crippen molar-refractivity contribution in [3.63, 3.8) is 0 Å². The highest BCUT2D eigenvalue weighted by atomic mass is 28.4. The molecule has 0 unspecified atom stereocenters. The van der Waals surface area contributed by atoms with E-state index in [1.54, 1.807) is 20.3 Å². The normalized spacial score (nSPS) is 13.5. The predicted octanol–water partition coefficient (Wildman–Crippen LogP) is 8.10. The van der Waals surface area contributed by atoms with Crippen LogP contribution >= 0.6 is 0 Å². The summed E-state index contributed by atoms with van der Waals surface area (Å²) in [4.78, 5) is 12.9. The SMILES string of the molecule is CCOC(=O)c1cc(C)nn1C[C@H](CCCc1ccccc1)[C@H](O[Si](C)(C)C(C)(C)C)c1cc(OC)c(C)c(OC)c1. The lowest BCUT2D eigenvalue weighted by atomic mass is 9.89. The van der Waals surface area contributed by atoms with E-state index in [0.717, 1.165) is 47.6 Å². The Bertz CT molecular complexity index is 1290. The van der Waals surface area contributed by atoms with E-state index in [9.17, 15) is 4.79 Å². The smallest absolute Gasteiger partial charge is 0.356 e. The zero-order valence-electron chi connectivity index (χ0n) is 27.2. The number of hydrogen-bond acceptors (Lipinski definition) is 6. The molecule has 2 atom stereocenters. The van der Waals surface area contributed by atoms with E-state index >= 15 is 0 Å². The third-order valence-electron chi connectivity index (χ3n) is 8.44. The number of aryl methyl sites for hydroxylation is 2. The molecule has 0 aliphatic rings. The summed E-state index contributed by atoms with van der Waals surface area (Å²) in [6.07, 6.45) is 2.51. The Morgan fingerprint density at radius 3 is 2.17 bits per heavy atom. The van der Waals surface area contributed by atoms with Gasteiger partial charge < -0.3 is 18.6 Å². The maximum Gasteiger partial charge on any atom is 0.356 e. The Hall–Kier alpha value is -3.10. The number of carbonyl (C=O) groups excluding carboxylic acids is 1. The van der Waals surface area contributed by atoms with Crippen LogP contribution in [-0.2, 0) is 22.1 Å². The Morgan fingerprint density at radius 1 is 1.00 bits per heavy atom. The largest absolute Gasteiger partial charge is 0.496 e. The van der Waals surface area contributed by atoms with Crippen molar-refractivity contribution in [3.8, 4) is 11.5 Å². The molecule has 230 valence electrons. The van der Waals surface area contributed by atoms with Crippen molar-refractivity contribution in [2.75, 3.05) is 20.8 Å². The van der Waals surface area contributed by atoms with Crippen LogP contribution in [0.15, 0.2) is 48.5 Å². The topological polar surface area (TPSA) is 71.8 Å². The molecule has 0 saturated carbocycles. The first-order valence-electron chi connectivity index (χ1n) is 15.0. The average Bonchev–Trinajstić information content (AvgIpc) is 3.31. The minimum absolute atomic E-state index is 0.00289. The Morgan fingerprint density at radius 2 is 1.62 bits per heavy atom. The van der Waals surface area contributed by atoms with Gasteiger partial charge in [-0.2, -0.15) is 5.10 Å². The van der Waals surface area contributed by atoms with Crippen LogP contribution < -0.4 is 9.47 Å². The molecule has 8 heteroatoms. The monoisotopic (exact) mass is 594 g/mol. The Labute approximate surface area is 253 Å². The molecule has 0 radical (unpaired) electrons. The number of aromatic nitrogens is 2. The highest BCUT2D eigenvalue weighted by Crippen LogP contribution is 2.45. The minimum Gasteiger partial charge on any atom is -0.496 e. The quantitative estimate of drug-likeness (QED) is 0.139. The van der Waals surface area contributed by atoms with Crippen molar-refractivity contribution in [2.24, 2.45) is 5.92 Å². The molecule has 0 bridgehead atoms. The number of ether oxygens (including phenoxy) is 3. The fraction of sp³-hybridized carbons (Fsp3) is 0.529. The second-order valence-electron chi connectivity index (χ2n) is 12.6. The fourth-order valence-corrected chi connectivity index (χ4v) is 6.35. The molecule has 2 aromatic carbocycles. The Balaban J connectivity index is 2.13. The second kappa shape index (κ2) is 14.4. The zero-order chi connectivity index (χ0) is 31.1. The lowest BCUT2D eigenvalue weighted by Crippen LogP contribution is -2.43. The lowest BCUT2D eigenvalue weighted by Gasteiger charge is -2.42. The molecule has 0 aliphatic heterocycles. The summed E-state index contributed by atoms with van der Waals surface area (Å²) in [5.74, 6) is 1.17. The van der Waals surface area contributed by atoms with Gasteiger partial charge in [-0.15, -0.1) is 0 Å². The van der Waals surface area contributed by atoms with Crippen molar-refractivity contribution in [3.05, 3.63) is 76.6 Å². The van der Waals surface area contributed by atoms with E-state index in [-0.39, 0.29) is 23.0 Å². The second-order valence-corrected chi connectivity index (χ2v) is 17.3. The third-order valence-corrected chi connectivity index (χ3v) is 12.9. The molecule has 0 saturated heterocycles. The van der Waals surface area contributed by atoms with Gasteiger partial charge in [-0.1, -0.05) is 51.1 Å². The maximum atomic E-state index is 12.9.